The van der Waals surface area contributed by atoms with Crippen molar-refractivity contribution in [3.8, 4) is 0 Å². The molecule has 0 saturated carbocycles. The lowest BCUT2D eigenvalue weighted by atomic mass is 10.5. The van der Waals surface area contributed by atoms with Crippen molar-refractivity contribution >= 4 is 6.34 Å². The van der Waals surface area contributed by atoms with Crippen LogP contribution in [0.25, 0.3) is 0 Å². The van der Waals surface area contributed by atoms with E-state index >= 15 is 0 Å². The molecule has 0 bridgehead atoms. The van der Waals surface area contributed by atoms with E-state index in [2.05, 4.69) is 43.5 Å². The molecule has 0 aromatic carbocycles. The summed E-state index contributed by atoms with van der Waals surface area (Å²) >= 11 is 0. The van der Waals surface area contributed by atoms with Gasteiger partial charge >= 0.3 is 0 Å². The van der Waals surface area contributed by atoms with Crippen molar-refractivity contribution in [3.05, 3.63) is 0 Å². The lowest BCUT2D eigenvalue weighted by molar-refractivity contribution is -0.520. The minimum absolute atomic E-state index is 0. The van der Waals surface area contributed by atoms with Gasteiger partial charge in [-0.15, -0.1) is 0 Å². The fraction of sp³-hybridized carbons (Fsp3) is 0.889. The topological polar surface area (TPSA) is 6.25 Å². The van der Waals surface area contributed by atoms with Gasteiger partial charge in [0, 0.05) is 0 Å². The first-order valence-electron chi connectivity index (χ1n) is 4.61. The van der Waals surface area contributed by atoms with Crippen LogP contribution in [0.15, 0.2) is 0 Å². The molecule has 0 fully saturated rings. The highest BCUT2D eigenvalue weighted by atomic mass is 35.5. The van der Waals surface area contributed by atoms with Crippen molar-refractivity contribution in [2.24, 2.45) is 0 Å². The third kappa shape index (κ3) is 5.42. The fourth-order valence-corrected chi connectivity index (χ4v) is 1.00. The fourth-order valence-electron chi connectivity index (χ4n) is 1.00. The molecule has 74 valence electrons. The van der Waals surface area contributed by atoms with Gasteiger partial charge < -0.3 is 12.4 Å². The van der Waals surface area contributed by atoms with Crippen molar-refractivity contribution in [3.63, 3.8) is 0 Å². The van der Waals surface area contributed by atoms with Crippen LogP contribution in [0.5, 0.6) is 0 Å². The second-order valence-corrected chi connectivity index (χ2v) is 2.56. The van der Waals surface area contributed by atoms with Gasteiger partial charge in [0.15, 0.2) is 0 Å². The molecule has 0 aromatic rings. The second kappa shape index (κ2) is 8.85. The predicted octanol–water partition coefficient (Wildman–Crippen LogP) is -1.59. The molecule has 0 unspecified atom stereocenters. The Labute approximate surface area is 82.7 Å². The quantitative estimate of drug-likeness (QED) is 0.290. The van der Waals surface area contributed by atoms with Gasteiger partial charge in [0.25, 0.3) is 0 Å². The number of nitrogens with zero attached hydrogens (tertiary/aromatic N) is 2. The molecule has 0 aliphatic heterocycles. The van der Waals surface area contributed by atoms with Crippen LogP contribution in [0.3, 0.4) is 0 Å². The Morgan fingerprint density at radius 1 is 1.00 bits per heavy atom. The summed E-state index contributed by atoms with van der Waals surface area (Å²) < 4.78 is 2.31. The van der Waals surface area contributed by atoms with Crippen LogP contribution in [-0.4, -0.2) is 42.0 Å². The molecule has 0 rings (SSSR count). The maximum absolute atomic E-state index is 2.31. The summed E-state index contributed by atoms with van der Waals surface area (Å²) in [5.41, 5.74) is 0. The molecule has 0 amide bonds. The number of halogens is 1. The van der Waals surface area contributed by atoms with Crippen LogP contribution in [-0.2, 0) is 0 Å². The number of hydrogen-bond acceptors (Lipinski definition) is 0. The van der Waals surface area contributed by atoms with E-state index < -0.39 is 0 Å². The van der Waals surface area contributed by atoms with Gasteiger partial charge in [-0.2, -0.15) is 0 Å². The van der Waals surface area contributed by atoms with E-state index in [-0.39, 0.29) is 12.4 Å². The molecule has 0 spiro atoms. The van der Waals surface area contributed by atoms with E-state index in [1.807, 2.05) is 0 Å². The molecule has 0 N–H and O–H groups in total. The highest BCUT2D eigenvalue weighted by molar-refractivity contribution is 5.48. The molecule has 0 heterocycles. The summed E-state index contributed by atoms with van der Waals surface area (Å²) in [6.45, 7) is 13.2. The standard InChI is InChI=1S/C9H21N2.ClH/c1-5-10(6-2)9-11(7-3)8-4;/h9H,5-8H2,1-4H3;1H/q+1;/p-1. The predicted molar refractivity (Wildman–Crippen MR) is 50.3 cm³/mol. The van der Waals surface area contributed by atoms with E-state index in [4.69, 9.17) is 0 Å². The van der Waals surface area contributed by atoms with E-state index in [1.54, 1.807) is 0 Å². The first-order chi connectivity index (χ1) is 5.28. The van der Waals surface area contributed by atoms with Crippen LogP contribution >= 0.6 is 0 Å². The largest absolute Gasteiger partial charge is 1.00 e. The summed E-state index contributed by atoms with van der Waals surface area (Å²) in [5.74, 6) is 0. The molecular formula is C9H21ClN2. The average Bonchev–Trinajstić information content (AvgIpc) is 2.07. The van der Waals surface area contributed by atoms with Gasteiger partial charge in [0.05, 0.1) is 26.2 Å². The second-order valence-electron chi connectivity index (χ2n) is 2.56. The third-order valence-electron chi connectivity index (χ3n) is 1.95. The average molecular weight is 193 g/mol. The van der Waals surface area contributed by atoms with Gasteiger partial charge in [-0.25, -0.2) is 0 Å². The summed E-state index contributed by atoms with van der Waals surface area (Å²) in [4.78, 5) is 2.31. The first kappa shape index (κ1) is 14.3. The zero-order valence-electron chi connectivity index (χ0n) is 8.68. The van der Waals surface area contributed by atoms with E-state index in [0.29, 0.717) is 0 Å². The van der Waals surface area contributed by atoms with Gasteiger partial charge in [-0.05, 0) is 27.7 Å². The lowest BCUT2D eigenvalue weighted by Gasteiger charge is -2.09. The van der Waals surface area contributed by atoms with Crippen LogP contribution in [0, 0.1) is 0 Å². The Kier molecular flexibility index (Phi) is 10.5. The van der Waals surface area contributed by atoms with E-state index in [9.17, 15) is 0 Å². The Morgan fingerprint density at radius 2 is 1.42 bits per heavy atom. The number of hydrogen-bond donors (Lipinski definition) is 0. The highest BCUT2D eigenvalue weighted by Gasteiger charge is 2.00. The summed E-state index contributed by atoms with van der Waals surface area (Å²) in [6.07, 6.45) is 2.22. The maximum Gasteiger partial charge on any atom is 0.234 e. The number of rotatable bonds is 5. The van der Waals surface area contributed by atoms with E-state index in [1.165, 1.54) is 0 Å². The molecule has 3 heteroatoms. The van der Waals surface area contributed by atoms with Crippen molar-refractivity contribution in [1.29, 1.82) is 0 Å². The van der Waals surface area contributed by atoms with Gasteiger partial charge in [0.2, 0.25) is 6.34 Å². The molecule has 0 saturated heterocycles. The van der Waals surface area contributed by atoms with Crippen LogP contribution < -0.4 is 12.4 Å². The Morgan fingerprint density at radius 3 is 1.67 bits per heavy atom. The molecule has 0 aliphatic carbocycles. The third-order valence-corrected chi connectivity index (χ3v) is 1.95. The van der Waals surface area contributed by atoms with Crippen LogP contribution in [0.2, 0.25) is 0 Å². The van der Waals surface area contributed by atoms with Crippen molar-refractivity contribution < 1.29 is 17.0 Å². The molecule has 0 atom stereocenters. The van der Waals surface area contributed by atoms with Crippen molar-refractivity contribution in [2.75, 3.05) is 26.2 Å². The monoisotopic (exact) mass is 192 g/mol. The van der Waals surface area contributed by atoms with Crippen molar-refractivity contribution in [1.82, 2.24) is 4.90 Å². The Hall–Kier alpha value is -0.240. The molecular weight excluding hydrogens is 172 g/mol. The zero-order valence-corrected chi connectivity index (χ0v) is 9.43. The SMILES string of the molecule is CCN(C=[N+](CC)CC)CC.[Cl-]. The highest BCUT2D eigenvalue weighted by Crippen LogP contribution is 1.82. The summed E-state index contributed by atoms with van der Waals surface area (Å²) in [7, 11) is 0. The van der Waals surface area contributed by atoms with Gasteiger partial charge in [-0.1, -0.05) is 0 Å². The minimum Gasteiger partial charge on any atom is -1.00 e. The molecule has 0 radical (unpaired) electrons. The van der Waals surface area contributed by atoms with Crippen LogP contribution in [0.4, 0.5) is 0 Å². The molecule has 0 aromatic heterocycles. The smallest absolute Gasteiger partial charge is 0.234 e. The Bertz CT molecular complexity index is 114. The molecule has 2 nitrogen and oxygen atoms in total. The summed E-state index contributed by atoms with van der Waals surface area (Å²) in [6, 6.07) is 0. The first-order valence-corrected chi connectivity index (χ1v) is 4.61. The summed E-state index contributed by atoms with van der Waals surface area (Å²) in [5, 5.41) is 0. The Balaban J connectivity index is 0. The van der Waals surface area contributed by atoms with Gasteiger partial charge in [-0.3, -0.25) is 9.48 Å². The van der Waals surface area contributed by atoms with Crippen molar-refractivity contribution in [2.45, 2.75) is 27.7 Å². The lowest BCUT2D eigenvalue weighted by Crippen LogP contribution is -3.00. The van der Waals surface area contributed by atoms with Crippen LogP contribution in [0.1, 0.15) is 27.7 Å². The molecule has 12 heavy (non-hydrogen) atoms. The maximum atomic E-state index is 2.31. The van der Waals surface area contributed by atoms with E-state index in [0.717, 1.165) is 26.2 Å². The normalized spacial score (nSPS) is 8.67. The molecule has 0 aliphatic rings. The van der Waals surface area contributed by atoms with Gasteiger partial charge in [0.1, 0.15) is 0 Å². The zero-order chi connectivity index (χ0) is 8.69. The minimum atomic E-state index is 0.